The van der Waals surface area contributed by atoms with Gasteiger partial charge in [0, 0.05) is 13.1 Å². The minimum absolute atomic E-state index is 0.238. The fourth-order valence-electron chi connectivity index (χ4n) is 4.78. The van der Waals surface area contributed by atoms with Crippen molar-refractivity contribution in [1.82, 2.24) is 19.4 Å². The summed E-state index contributed by atoms with van der Waals surface area (Å²) in [7, 11) is 0. The van der Waals surface area contributed by atoms with Crippen LogP contribution in [0, 0.1) is 0 Å². The van der Waals surface area contributed by atoms with Crippen LogP contribution in [0.5, 0.6) is 0 Å². The number of benzene rings is 1. The topological polar surface area (TPSA) is 41.4 Å². The van der Waals surface area contributed by atoms with Crippen LogP contribution in [0.1, 0.15) is 70.2 Å². The highest BCUT2D eigenvalue weighted by molar-refractivity contribution is 5.81. The summed E-state index contributed by atoms with van der Waals surface area (Å²) >= 11 is 0. The predicted molar refractivity (Wildman–Crippen MR) is 113 cm³/mol. The number of hydrogen-bond donors (Lipinski definition) is 0. The molecule has 1 atom stereocenters. The lowest BCUT2D eigenvalue weighted by atomic mass is 10.2. The Labute approximate surface area is 168 Å². The molecular formula is C23H34N4O. The van der Waals surface area contributed by atoms with Crippen LogP contribution in [0.4, 0.5) is 0 Å². The van der Waals surface area contributed by atoms with Gasteiger partial charge in [-0.3, -0.25) is 9.69 Å². The summed E-state index contributed by atoms with van der Waals surface area (Å²) in [5, 5.41) is 0. The molecule has 1 aromatic heterocycles. The van der Waals surface area contributed by atoms with Crippen molar-refractivity contribution < 1.29 is 4.79 Å². The van der Waals surface area contributed by atoms with E-state index in [4.69, 9.17) is 4.98 Å². The van der Waals surface area contributed by atoms with E-state index in [1.807, 2.05) is 6.07 Å². The molecule has 1 aromatic carbocycles. The van der Waals surface area contributed by atoms with Gasteiger partial charge in [-0.1, -0.05) is 37.8 Å². The van der Waals surface area contributed by atoms with E-state index < -0.39 is 0 Å². The maximum absolute atomic E-state index is 13.1. The van der Waals surface area contributed by atoms with E-state index in [0.717, 1.165) is 55.9 Å². The zero-order valence-corrected chi connectivity index (χ0v) is 17.3. The molecule has 5 heteroatoms. The van der Waals surface area contributed by atoms with Gasteiger partial charge in [-0.15, -0.1) is 0 Å². The van der Waals surface area contributed by atoms with E-state index >= 15 is 0 Å². The Hall–Kier alpha value is -1.88. The van der Waals surface area contributed by atoms with E-state index in [0.29, 0.717) is 6.54 Å². The highest BCUT2D eigenvalue weighted by atomic mass is 16.2. The first-order valence-corrected chi connectivity index (χ1v) is 11.2. The fraction of sp³-hybridized carbons (Fsp3) is 0.652. The highest BCUT2D eigenvalue weighted by Crippen LogP contribution is 2.27. The molecule has 3 heterocycles. The van der Waals surface area contributed by atoms with Crippen molar-refractivity contribution in [3.63, 3.8) is 0 Å². The summed E-state index contributed by atoms with van der Waals surface area (Å²) in [6.07, 6.45) is 9.93. The lowest BCUT2D eigenvalue weighted by Crippen LogP contribution is -2.36. The Kier molecular flexibility index (Phi) is 6.30. The molecule has 4 rings (SSSR count). The van der Waals surface area contributed by atoms with Gasteiger partial charge in [-0.2, -0.15) is 0 Å². The molecule has 2 aliphatic heterocycles. The minimum atomic E-state index is 0.238. The molecule has 0 saturated carbocycles. The summed E-state index contributed by atoms with van der Waals surface area (Å²) in [6, 6.07) is 8.51. The van der Waals surface area contributed by atoms with Crippen LogP contribution in [0.3, 0.4) is 0 Å². The van der Waals surface area contributed by atoms with E-state index in [1.54, 1.807) is 0 Å². The predicted octanol–water partition coefficient (Wildman–Crippen LogP) is 4.38. The maximum Gasteiger partial charge on any atom is 0.242 e. The van der Waals surface area contributed by atoms with Crippen molar-refractivity contribution >= 4 is 16.9 Å². The van der Waals surface area contributed by atoms with Crippen LogP contribution in [0.15, 0.2) is 24.3 Å². The molecule has 0 unspecified atom stereocenters. The van der Waals surface area contributed by atoms with Crippen LogP contribution < -0.4 is 0 Å². The number of imidazole rings is 1. The fourth-order valence-corrected chi connectivity index (χ4v) is 4.78. The van der Waals surface area contributed by atoms with Gasteiger partial charge < -0.3 is 9.47 Å². The average Bonchev–Trinajstić information content (AvgIpc) is 2.96. The first-order valence-electron chi connectivity index (χ1n) is 11.2. The first kappa shape index (κ1) is 19.4. The van der Waals surface area contributed by atoms with Gasteiger partial charge in [-0.05, 0) is 57.8 Å². The number of carbonyl (C=O) groups excluding carboxylic acids is 1. The number of nitrogens with zero attached hydrogens (tertiary/aromatic N) is 4. The van der Waals surface area contributed by atoms with Gasteiger partial charge in [0.15, 0.2) is 0 Å². The summed E-state index contributed by atoms with van der Waals surface area (Å²) in [5.41, 5.74) is 2.09. The number of amides is 1. The molecule has 2 aromatic rings. The van der Waals surface area contributed by atoms with Gasteiger partial charge in [-0.25, -0.2) is 4.98 Å². The molecule has 0 bridgehead atoms. The lowest BCUT2D eigenvalue weighted by Gasteiger charge is -2.28. The molecule has 1 amide bonds. The molecule has 0 radical (unpaired) electrons. The Morgan fingerprint density at radius 2 is 1.54 bits per heavy atom. The number of hydrogen-bond acceptors (Lipinski definition) is 3. The van der Waals surface area contributed by atoms with Gasteiger partial charge in [0.05, 0.1) is 17.1 Å². The molecular weight excluding hydrogens is 348 g/mol. The number of carbonyl (C=O) groups is 1. The molecule has 5 nitrogen and oxygen atoms in total. The van der Waals surface area contributed by atoms with Crippen LogP contribution in [-0.4, -0.2) is 51.4 Å². The molecule has 28 heavy (non-hydrogen) atoms. The SMILES string of the molecule is C[C@@H](c1nc2ccccc2n1CC(=O)N1CCCCCC1)N1CCCCCC1. The molecule has 2 saturated heterocycles. The normalized spacial score (nSPS) is 20.7. The smallest absolute Gasteiger partial charge is 0.242 e. The Morgan fingerprint density at radius 3 is 2.21 bits per heavy atom. The Bertz CT molecular complexity index is 783. The van der Waals surface area contributed by atoms with Crippen molar-refractivity contribution in [2.75, 3.05) is 26.2 Å². The second kappa shape index (κ2) is 9.08. The highest BCUT2D eigenvalue weighted by Gasteiger charge is 2.25. The first-order chi connectivity index (χ1) is 13.7. The molecule has 152 valence electrons. The number of para-hydroxylation sites is 2. The Balaban J connectivity index is 1.62. The minimum Gasteiger partial charge on any atom is -0.341 e. The largest absolute Gasteiger partial charge is 0.341 e. The van der Waals surface area contributed by atoms with E-state index in [-0.39, 0.29) is 11.9 Å². The van der Waals surface area contributed by atoms with Crippen LogP contribution in [0.25, 0.3) is 11.0 Å². The average molecular weight is 383 g/mol. The molecule has 2 fully saturated rings. The van der Waals surface area contributed by atoms with Crippen molar-refractivity contribution in [3.8, 4) is 0 Å². The second-order valence-corrected chi connectivity index (χ2v) is 8.47. The molecule has 0 N–H and O–H groups in total. The monoisotopic (exact) mass is 382 g/mol. The zero-order valence-electron chi connectivity index (χ0n) is 17.3. The number of rotatable bonds is 4. The van der Waals surface area contributed by atoms with Crippen LogP contribution in [0.2, 0.25) is 0 Å². The van der Waals surface area contributed by atoms with Crippen molar-refractivity contribution in [1.29, 1.82) is 0 Å². The number of likely N-dealkylation sites (tertiary alicyclic amines) is 2. The zero-order chi connectivity index (χ0) is 19.3. The third-order valence-corrected chi connectivity index (χ3v) is 6.50. The number of aromatic nitrogens is 2. The van der Waals surface area contributed by atoms with Gasteiger partial charge in [0.1, 0.15) is 12.4 Å². The maximum atomic E-state index is 13.1. The summed E-state index contributed by atoms with van der Waals surface area (Å²) in [5.74, 6) is 1.29. The molecule has 0 aliphatic carbocycles. The third kappa shape index (κ3) is 4.24. The van der Waals surface area contributed by atoms with E-state index in [1.165, 1.54) is 38.5 Å². The third-order valence-electron chi connectivity index (χ3n) is 6.50. The molecule has 0 spiro atoms. The standard InChI is InChI=1S/C23H34N4O/c1-19(25-14-8-2-3-9-15-25)23-24-20-12-6-7-13-21(20)27(23)18-22(28)26-16-10-4-5-11-17-26/h6-7,12-13,19H,2-5,8-11,14-18H2,1H3/t19-/m0/s1. The van der Waals surface area contributed by atoms with Gasteiger partial charge >= 0.3 is 0 Å². The van der Waals surface area contributed by atoms with Crippen molar-refractivity contribution in [3.05, 3.63) is 30.1 Å². The van der Waals surface area contributed by atoms with Gasteiger partial charge in [0.2, 0.25) is 5.91 Å². The number of fused-ring (bicyclic) bond motifs is 1. The summed E-state index contributed by atoms with van der Waals surface area (Å²) in [4.78, 5) is 22.7. The quantitative estimate of drug-likeness (QED) is 0.788. The van der Waals surface area contributed by atoms with Crippen molar-refractivity contribution in [2.24, 2.45) is 0 Å². The van der Waals surface area contributed by atoms with Gasteiger partial charge in [0.25, 0.3) is 0 Å². The second-order valence-electron chi connectivity index (χ2n) is 8.47. The van der Waals surface area contributed by atoms with E-state index in [9.17, 15) is 4.79 Å². The summed E-state index contributed by atoms with van der Waals surface area (Å²) in [6.45, 7) is 6.74. The lowest BCUT2D eigenvalue weighted by molar-refractivity contribution is -0.131. The molecule has 2 aliphatic rings. The van der Waals surface area contributed by atoms with Crippen molar-refractivity contribution in [2.45, 2.75) is 70.9 Å². The van der Waals surface area contributed by atoms with Crippen LogP contribution in [-0.2, 0) is 11.3 Å². The van der Waals surface area contributed by atoms with E-state index in [2.05, 4.69) is 39.5 Å². The van der Waals surface area contributed by atoms with Crippen LogP contribution >= 0.6 is 0 Å². The summed E-state index contributed by atoms with van der Waals surface area (Å²) < 4.78 is 2.19. The Morgan fingerprint density at radius 1 is 0.929 bits per heavy atom.